The molecule has 5 atom stereocenters. The highest BCUT2D eigenvalue weighted by molar-refractivity contribution is 5.93. The fourth-order valence-electron chi connectivity index (χ4n) is 4.21. The molecule has 2 aliphatic heterocycles. The summed E-state index contributed by atoms with van der Waals surface area (Å²) in [5, 5.41) is 12.6. The molecule has 0 spiro atoms. The number of carbonyl (C=O) groups excluding carboxylic acids is 1. The summed E-state index contributed by atoms with van der Waals surface area (Å²) in [7, 11) is 0. The van der Waals surface area contributed by atoms with Crippen LogP contribution in [0.5, 0.6) is 0 Å². The van der Waals surface area contributed by atoms with E-state index < -0.39 is 59.5 Å². The zero-order valence-electron chi connectivity index (χ0n) is 15.6. The third kappa shape index (κ3) is 4.11. The molecule has 0 unspecified atom stereocenters. The molecule has 1 amide bonds. The molecule has 1 aromatic heterocycles. The Labute approximate surface area is 172 Å². The van der Waals surface area contributed by atoms with Crippen molar-refractivity contribution >= 4 is 11.7 Å². The van der Waals surface area contributed by atoms with Crippen molar-refractivity contribution in [1.29, 1.82) is 0 Å². The third-order valence-electron chi connectivity index (χ3n) is 5.57. The van der Waals surface area contributed by atoms with Crippen LogP contribution in [0.2, 0.25) is 0 Å². The zero-order valence-corrected chi connectivity index (χ0v) is 15.6. The number of aliphatic hydroxyl groups is 1. The molecule has 2 fully saturated rings. The number of carbonyl (C=O) groups is 1. The molecule has 1 aromatic carbocycles. The average molecular weight is 446 g/mol. The molecule has 2 aliphatic rings. The van der Waals surface area contributed by atoms with E-state index in [1.165, 1.54) is 12.1 Å². The first kappa shape index (κ1) is 21.6. The second kappa shape index (κ2) is 7.49. The number of hydrogen-bond acceptors (Lipinski definition) is 4. The predicted octanol–water partition coefficient (Wildman–Crippen LogP) is 3.99. The maximum absolute atomic E-state index is 13.1. The van der Waals surface area contributed by atoms with Gasteiger partial charge >= 0.3 is 12.4 Å². The van der Waals surface area contributed by atoms with E-state index in [4.69, 9.17) is 4.74 Å². The largest absolute Gasteiger partial charge is 0.417 e. The van der Waals surface area contributed by atoms with E-state index in [1.807, 2.05) is 0 Å². The summed E-state index contributed by atoms with van der Waals surface area (Å²) in [6.45, 7) is 0. The SMILES string of the molecule is O=C(Nc1ccc(C(F)(F)F)cn1)[C@@H]1[C@@H](c2cccc(C(F)(F)F)c2)[C@H]2O[C@@H]1C[C@@H]2O. The van der Waals surface area contributed by atoms with E-state index in [1.54, 1.807) is 0 Å². The summed E-state index contributed by atoms with van der Waals surface area (Å²) < 4.78 is 83.1. The summed E-state index contributed by atoms with van der Waals surface area (Å²) >= 11 is 0. The minimum Gasteiger partial charge on any atom is -0.390 e. The third-order valence-corrected chi connectivity index (χ3v) is 5.57. The summed E-state index contributed by atoms with van der Waals surface area (Å²) in [6, 6.07) is 6.19. The lowest BCUT2D eigenvalue weighted by Crippen LogP contribution is -2.41. The molecule has 0 saturated carbocycles. The fraction of sp³-hybridized carbons (Fsp3) is 0.400. The van der Waals surface area contributed by atoms with Crippen molar-refractivity contribution in [1.82, 2.24) is 4.98 Å². The van der Waals surface area contributed by atoms with E-state index in [2.05, 4.69) is 10.3 Å². The van der Waals surface area contributed by atoms with Crippen LogP contribution >= 0.6 is 0 Å². The Bertz CT molecular complexity index is 976. The number of benzene rings is 1. The Morgan fingerprint density at radius 1 is 1.06 bits per heavy atom. The van der Waals surface area contributed by atoms with Gasteiger partial charge in [-0.25, -0.2) is 4.98 Å². The van der Waals surface area contributed by atoms with Gasteiger partial charge in [0.2, 0.25) is 5.91 Å². The van der Waals surface area contributed by atoms with Crippen molar-refractivity contribution in [3.63, 3.8) is 0 Å². The number of amides is 1. The van der Waals surface area contributed by atoms with Gasteiger partial charge in [0.1, 0.15) is 5.82 Å². The number of fused-ring (bicyclic) bond motifs is 2. The quantitative estimate of drug-likeness (QED) is 0.700. The first-order valence-electron chi connectivity index (χ1n) is 9.30. The normalized spacial score (nSPS) is 28.0. The van der Waals surface area contributed by atoms with Gasteiger partial charge in [0, 0.05) is 18.5 Å². The summed E-state index contributed by atoms with van der Waals surface area (Å²) in [4.78, 5) is 16.5. The summed E-state index contributed by atoms with van der Waals surface area (Å²) in [5.41, 5.74) is -1.70. The van der Waals surface area contributed by atoms with Crippen molar-refractivity contribution < 1.29 is 41.0 Å². The van der Waals surface area contributed by atoms with Crippen molar-refractivity contribution in [3.8, 4) is 0 Å². The topological polar surface area (TPSA) is 71.5 Å². The van der Waals surface area contributed by atoms with Gasteiger partial charge in [-0.2, -0.15) is 26.3 Å². The van der Waals surface area contributed by atoms with Crippen molar-refractivity contribution in [2.45, 2.75) is 43.0 Å². The van der Waals surface area contributed by atoms with Crippen LogP contribution in [0.1, 0.15) is 29.0 Å². The lowest BCUT2D eigenvalue weighted by Gasteiger charge is -2.30. The van der Waals surface area contributed by atoms with Gasteiger partial charge in [-0.15, -0.1) is 0 Å². The summed E-state index contributed by atoms with van der Waals surface area (Å²) in [5.74, 6) is -2.59. The smallest absolute Gasteiger partial charge is 0.390 e. The number of nitrogens with zero attached hydrogens (tertiary/aromatic N) is 1. The number of rotatable bonds is 3. The molecule has 31 heavy (non-hydrogen) atoms. The van der Waals surface area contributed by atoms with Crippen LogP contribution in [0.25, 0.3) is 0 Å². The Balaban J connectivity index is 1.60. The molecule has 2 N–H and O–H groups in total. The molecular formula is C20H16F6N2O3. The standard InChI is InChI=1S/C20H16F6N2O3/c21-19(22,23)10-3-1-2-9(6-10)15-16(13-7-12(29)17(15)31-13)18(30)28-14-5-4-11(8-27-14)20(24,25)26/h1-6,8,12-13,15-17,29H,7H2,(H,27,28,30)/t12-,13+,15+,16-,17-/m0/s1. The number of nitrogens with one attached hydrogen (secondary N) is 1. The Morgan fingerprint density at radius 3 is 2.39 bits per heavy atom. The van der Waals surface area contributed by atoms with Crippen LogP contribution in [0.3, 0.4) is 0 Å². The number of aliphatic hydroxyl groups excluding tert-OH is 1. The second-order valence-electron chi connectivity index (χ2n) is 7.54. The molecule has 2 saturated heterocycles. The molecule has 2 bridgehead atoms. The minimum atomic E-state index is -4.59. The monoisotopic (exact) mass is 446 g/mol. The van der Waals surface area contributed by atoms with Crippen LogP contribution in [0.15, 0.2) is 42.6 Å². The minimum absolute atomic E-state index is 0.124. The van der Waals surface area contributed by atoms with Crippen LogP contribution < -0.4 is 5.32 Å². The lowest BCUT2D eigenvalue weighted by molar-refractivity contribution is -0.138. The number of ether oxygens (including phenoxy) is 1. The first-order chi connectivity index (χ1) is 14.4. The van der Waals surface area contributed by atoms with Crippen LogP contribution in [-0.2, 0) is 21.9 Å². The molecule has 11 heteroatoms. The van der Waals surface area contributed by atoms with Crippen LogP contribution in [-0.4, -0.2) is 34.3 Å². The zero-order chi connectivity index (χ0) is 22.6. The molecule has 4 rings (SSSR count). The molecule has 3 heterocycles. The Kier molecular flexibility index (Phi) is 5.21. The molecule has 2 aromatic rings. The average Bonchev–Trinajstić information content (AvgIpc) is 3.24. The Hall–Kier alpha value is -2.66. The number of anilines is 1. The van der Waals surface area contributed by atoms with Crippen LogP contribution in [0, 0.1) is 5.92 Å². The highest BCUT2D eigenvalue weighted by Crippen LogP contribution is 2.50. The molecule has 5 nitrogen and oxygen atoms in total. The molecule has 166 valence electrons. The lowest BCUT2D eigenvalue weighted by atomic mass is 9.73. The van der Waals surface area contributed by atoms with Crippen LogP contribution in [0.4, 0.5) is 32.2 Å². The molecule has 0 radical (unpaired) electrons. The number of halogens is 6. The maximum Gasteiger partial charge on any atom is 0.417 e. The number of alkyl halides is 6. The van der Waals surface area contributed by atoms with E-state index in [0.717, 1.165) is 24.3 Å². The van der Waals surface area contributed by atoms with E-state index in [9.17, 15) is 36.2 Å². The van der Waals surface area contributed by atoms with Gasteiger partial charge < -0.3 is 15.2 Å². The fourth-order valence-corrected chi connectivity index (χ4v) is 4.21. The molecular weight excluding hydrogens is 430 g/mol. The van der Waals surface area contributed by atoms with Gasteiger partial charge in [-0.05, 0) is 23.8 Å². The van der Waals surface area contributed by atoms with Crippen molar-refractivity contribution in [3.05, 3.63) is 59.3 Å². The van der Waals surface area contributed by atoms with Crippen molar-refractivity contribution in [2.24, 2.45) is 5.92 Å². The first-order valence-corrected chi connectivity index (χ1v) is 9.30. The summed E-state index contributed by atoms with van der Waals surface area (Å²) in [6.07, 6.45) is -11.0. The molecule has 0 aliphatic carbocycles. The van der Waals surface area contributed by atoms with Gasteiger partial charge in [-0.3, -0.25) is 4.79 Å². The van der Waals surface area contributed by atoms with Crippen molar-refractivity contribution in [2.75, 3.05) is 5.32 Å². The van der Waals surface area contributed by atoms with E-state index in [-0.39, 0.29) is 17.8 Å². The maximum atomic E-state index is 13.1. The highest BCUT2D eigenvalue weighted by Gasteiger charge is 2.57. The van der Waals surface area contributed by atoms with Gasteiger partial charge in [0.25, 0.3) is 0 Å². The van der Waals surface area contributed by atoms with E-state index >= 15 is 0 Å². The number of aromatic nitrogens is 1. The highest BCUT2D eigenvalue weighted by atomic mass is 19.4. The second-order valence-corrected chi connectivity index (χ2v) is 7.54. The van der Waals surface area contributed by atoms with Gasteiger partial charge in [-0.1, -0.05) is 18.2 Å². The predicted molar refractivity (Wildman–Crippen MR) is 94.8 cm³/mol. The van der Waals surface area contributed by atoms with Gasteiger partial charge in [0.05, 0.1) is 35.4 Å². The van der Waals surface area contributed by atoms with E-state index in [0.29, 0.717) is 6.20 Å². The Morgan fingerprint density at radius 2 is 1.77 bits per heavy atom. The number of pyridine rings is 1. The number of hydrogen-bond donors (Lipinski definition) is 2. The van der Waals surface area contributed by atoms with Gasteiger partial charge in [0.15, 0.2) is 0 Å².